The smallest absolute Gasteiger partial charge is 0.262 e. The number of hydrogen-bond acceptors (Lipinski definition) is 3. The Labute approximate surface area is 135 Å². The van der Waals surface area contributed by atoms with Crippen molar-refractivity contribution in [3.63, 3.8) is 0 Å². The third kappa shape index (κ3) is 2.82. The minimum atomic E-state index is -3.84. The Morgan fingerprint density at radius 1 is 1.05 bits per heavy atom. The summed E-state index contributed by atoms with van der Waals surface area (Å²) in [6.45, 7) is 0. The largest absolute Gasteiger partial charge is 0.280 e. The highest BCUT2D eigenvalue weighted by Gasteiger charge is 2.19. The van der Waals surface area contributed by atoms with Crippen molar-refractivity contribution in [2.24, 2.45) is 0 Å². The van der Waals surface area contributed by atoms with E-state index >= 15 is 0 Å². The predicted molar refractivity (Wildman–Crippen MR) is 86.7 cm³/mol. The molecular formula is C15H10BrFN2O2S. The number of nitrogens with zero attached hydrogens (tertiary/aromatic N) is 1. The minimum absolute atomic E-state index is 0.0140. The summed E-state index contributed by atoms with van der Waals surface area (Å²) in [7, 11) is -3.84. The molecule has 0 aliphatic rings. The van der Waals surface area contributed by atoms with Crippen LogP contribution in [-0.4, -0.2) is 13.4 Å². The first-order valence-electron chi connectivity index (χ1n) is 6.29. The van der Waals surface area contributed by atoms with Gasteiger partial charge in [-0.2, -0.15) is 0 Å². The maximum absolute atomic E-state index is 13.7. The van der Waals surface area contributed by atoms with Crippen molar-refractivity contribution >= 4 is 42.5 Å². The molecule has 4 nitrogen and oxygen atoms in total. The van der Waals surface area contributed by atoms with Gasteiger partial charge in [-0.1, -0.05) is 15.9 Å². The van der Waals surface area contributed by atoms with Crippen LogP contribution in [0.5, 0.6) is 0 Å². The van der Waals surface area contributed by atoms with Crippen LogP contribution in [0.1, 0.15) is 0 Å². The molecule has 112 valence electrons. The molecule has 1 aromatic heterocycles. The average molecular weight is 381 g/mol. The SMILES string of the molecule is O=S(=O)(Nc1ccc(Br)cc1)c1ccc(F)c2ncccc12. The van der Waals surface area contributed by atoms with E-state index in [4.69, 9.17) is 0 Å². The Morgan fingerprint density at radius 3 is 2.50 bits per heavy atom. The molecule has 0 saturated heterocycles. The van der Waals surface area contributed by atoms with Crippen molar-refractivity contribution < 1.29 is 12.8 Å². The zero-order chi connectivity index (χ0) is 15.7. The first-order chi connectivity index (χ1) is 10.5. The Balaban J connectivity index is 2.10. The summed E-state index contributed by atoms with van der Waals surface area (Å²) < 4.78 is 42.1. The van der Waals surface area contributed by atoms with E-state index in [9.17, 15) is 12.8 Å². The van der Waals surface area contributed by atoms with E-state index in [1.54, 1.807) is 30.3 Å². The molecule has 0 atom stereocenters. The lowest BCUT2D eigenvalue weighted by atomic mass is 10.2. The number of halogens is 2. The average Bonchev–Trinajstić information content (AvgIpc) is 2.50. The number of rotatable bonds is 3. The van der Waals surface area contributed by atoms with Crippen LogP contribution in [0.2, 0.25) is 0 Å². The Bertz CT molecular complexity index is 943. The van der Waals surface area contributed by atoms with Crippen molar-refractivity contribution in [1.29, 1.82) is 0 Å². The Kier molecular flexibility index (Phi) is 3.84. The lowest BCUT2D eigenvalue weighted by Crippen LogP contribution is -2.13. The number of hydrogen-bond donors (Lipinski definition) is 1. The number of fused-ring (bicyclic) bond motifs is 1. The van der Waals surface area contributed by atoms with Crippen molar-refractivity contribution in [2.75, 3.05) is 4.72 Å². The molecular weight excluding hydrogens is 371 g/mol. The maximum atomic E-state index is 13.7. The summed E-state index contributed by atoms with van der Waals surface area (Å²) in [5.74, 6) is -0.557. The number of benzene rings is 2. The fourth-order valence-electron chi connectivity index (χ4n) is 2.07. The Morgan fingerprint density at radius 2 is 1.77 bits per heavy atom. The van der Waals surface area contributed by atoms with Gasteiger partial charge in [0.05, 0.1) is 4.90 Å². The van der Waals surface area contributed by atoms with Crippen molar-refractivity contribution in [3.8, 4) is 0 Å². The summed E-state index contributed by atoms with van der Waals surface area (Å²) in [6.07, 6.45) is 1.42. The number of aromatic nitrogens is 1. The van der Waals surface area contributed by atoms with Crippen molar-refractivity contribution in [2.45, 2.75) is 4.90 Å². The third-order valence-corrected chi connectivity index (χ3v) is 5.03. The zero-order valence-electron chi connectivity index (χ0n) is 11.1. The van der Waals surface area contributed by atoms with Gasteiger partial charge in [-0.3, -0.25) is 9.71 Å². The first kappa shape index (κ1) is 14.9. The molecule has 0 bridgehead atoms. The number of nitrogens with one attached hydrogen (secondary N) is 1. The fraction of sp³-hybridized carbons (Fsp3) is 0. The monoisotopic (exact) mass is 380 g/mol. The first-order valence-corrected chi connectivity index (χ1v) is 8.56. The highest BCUT2D eigenvalue weighted by Crippen LogP contribution is 2.26. The van der Waals surface area contributed by atoms with Crippen molar-refractivity contribution in [1.82, 2.24) is 4.98 Å². The molecule has 7 heteroatoms. The van der Waals surface area contributed by atoms with E-state index in [-0.39, 0.29) is 15.8 Å². The van der Waals surface area contributed by atoms with Gasteiger partial charge in [0.1, 0.15) is 11.3 Å². The lowest BCUT2D eigenvalue weighted by molar-refractivity contribution is 0.601. The number of pyridine rings is 1. The van der Waals surface area contributed by atoms with E-state index in [2.05, 4.69) is 25.6 Å². The van der Waals surface area contributed by atoms with Gasteiger partial charge < -0.3 is 0 Å². The van der Waals surface area contributed by atoms with Gasteiger partial charge in [0.2, 0.25) is 0 Å². The molecule has 0 amide bonds. The van der Waals surface area contributed by atoms with E-state index in [0.717, 1.165) is 10.5 Å². The van der Waals surface area contributed by atoms with Gasteiger partial charge in [0.15, 0.2) is 0 Å². The normalized spacial score (nSPS) is 11.5. The molecule has 3 rings (SSSR count). The van der Waals surface area contributed by atoms with Crippen LogP contribution in [0.4, 0.5) is 10.1 Å². The minimum Gasteiger partial charge on any atom is -0.280 e. The summed E-state index contributed by atoms with van der Waals surface area (Å²) in [4.78, 5) is 3.89. The summed E-state index contributed by atoms with van der Waals surface area (Å²) >= 11 is 3.28. The summed E-state index contributed by atoms with van der Waals surface area (Å²) in [5, 5.41) is 0.243. The molecule has 0 unspecified atom stereocenters. The second-order valence-electron chi connectivity index (χ2n) is 4.56. The van der Waals surface area contributed by atoms with Gasteiger partial charge in [0.25, 0.3) is 10.0 Å². The standard InChI is InChI=1S/C15H10BrFN2O2S/c16-10-3-5-11(6-4-10)19-22(20,21)14-8-7-13(17)15-12(14)2-1-9-18-15/h1-9,19H. The van der Waals surface area contributed by atoms with Crippen LogP contribution in [0.25, 0.3) is 10.9 Å². The molecule has 3 aromatic rings. The molecule has 0 aliphatic heterocycles. The number of anilines is 1. The van der Waals surface area contributed by atoms with Gasteiger partial charge in [-0.05, 0) is 48.5 Å². The topological polar surface area (TPSA) is 59.1 Å². The summed E-state index contributed by atoms with van der Waals surface area (Å²) in [6, 6.07) is 12.1. The molecule has 0 spiro atoms. The van der Waals surface area contributed by atoms with E-state index in [1.165, 1.54) is 18.3 Å². The van der Waals surface area contributed by atoms with E-state index < -0.39 is 15.8 Å². The second-order valence-corrected chi connectivity index (χ2v) is 7.12. The lowest BCUT2D eigenvalue weighted by Gasteiger charge is -2.10. The van der Waals surface area contributed by atoms with Gasteiger partial charge >= 0.3 is 0 Å². The van der Waals surface area contributed by atoms with Gasteiger partial charge in [-0.25, -0.2) is 12.8 Å². The fourth-order valence-corrected chi connectivity index (χ4v) is 3.60. The second kappa shape index (κ2) is 5.66. The van der Waals surface area contributed by atoms with Crippen molar-refractivity contribution in [3.05, 3.63) is 65.0 Å². The highest BCUT2D eigenvalue weighted by atomic mass is 79.9. The molecule has 0 fully saturated rings. The quantitative estimate of drug-likeness (QED) is 0.748. The molecule has 2 aromatic carbocycles. The molecule has 22 heavy (non-hydrogen) atoms. The van der Waals surface area contributed by atoms with Crippen LogP contribution in [0.15, 0.2) is 64.1 Å². The summed E-state index contributed by atoms with van der Waals surface area (Å²) in [5.41, 5.74) is 0.450. The highest BCUT2D eigenvalue weighted by molar-refractivity contribution is 9.10. The third-order valence-electron chi connectivity index (χ3n) is 3.07. The molecule has 0 radical (unpaired) electrons. The van der Waals surface area contributed by atoms with E-state index in [0.29, 0.717) is 5.69 Å². The van der Waals surface area contributed by atoms with E-state index in [1.807, 2.05) is 0 Å². The van der Waals surface area contributed by atoms with Gasteiger partial charge in [0, 0.05) is 21.7 Å². The predicted octanol–water partition coefficient (Wildman–Crippen LogP) is 3.94. The van der Waals surface area contributed by atoms with Crippen LogP contribution in [-0.2, 0) is 10.0 Å². The van der Waals surface area contributed by atoms with Crippen LogP contribution in [0.3, 0.4) is 0 Å². The number of sulfonamides is 1. The van der Waals surface area contributed by atoms with Crippen LogP contribution >= 0.6 is 15.9 Å². The van der Waals surface area contributed by atoms with Crippen LogP contribution < -0.4 is 4.72 Å². The zero-order valence-corrected chi connectivity index (χ0v) is 13.5. The molecule has 1 N–H and O–H groups in total. The van der Waals surface area contributed by atoms with Gasteiger partial charge in [-0.15, -0.1) is 0 Å². The molecule has 0 saturated carbocycles. The van der Waals surface area contributed by atoms with Crippen LogP contribution in [0, 0.1) is 5.82 Å². The molecule has 0 aliphatic carbocycles. The molecule has 1 heterocycles. The maximum Gasteiger partial charge on any atom is 0.262 e. The Hall–Kier alpha value is -1.99.